The number of anilines is 1. The van der Waals surface area contributed by atoms with E-state index in [2.05, 4.69) is 12.2 Å². The minimum atomic E-state index is -0.460. The van der Waals surface area contributed by atoms with Crippen LogP contribution in [0.25, 0.3) is 0 Å². The van der Waals surface area contributed by atoms with Crippen molar-refractivity contribution in [2.24, 2.45) is 0 Å². The third-order valence-electron chi connectivity index (χ3n) is 3.20. The number of rotatable bonds is 4. The molecule has 0 bridgehead atoms. The van der Waals surface area contributed by atoms with Gasteiger partial charge in [0.2, 0.25) is 0 Å². The number of amides is 1. The number of nitrogens with one attached hydrogen (secondary N) is 1. The van der Waals surface area contributed by atoms with Gasteiger partial charge < -0.3 is 20.5 Å². The normalized spacial score (nSPS) is 18.0. The van der Waals surface area contributed by atoms with Crippen molar-refractivity contribution >= 4 is 11.6 Å². The van der Waals surface area contributed by atoms with E-state index in [4.69, 9.17) is 15.2 Å². The first-order chi connectivity index (χ1) is 9.15. The van der Waals surface area contributed by atoms with E-state index in [0.717, 1.165) is 18.4 Å². The van der Waals surface area contributed by atoms with E-state index in [1.807, 2.05) is 0 Å². The first-order valence-corrected chi connectivity index (χ1v) is 6.56. The highest BCUT2D eigenvalue weighted by Crippen LogP contribution is 2.36. The highest BCUT2D eigenvalue weighted by atomic mass is 16.5. The zero-order chi connectivity index (χ0) is 13.8. The molecule has 0 saturated heterocycles. The largest absolute Gasteiger partial charge is 0.493 e. The molecule has 0 aliphatic carbocycles. The van der Waals surface area contributed by atoms with Crippen LogP contribution < -0.4 is 20.5 Å². The van der Waals surface area contributed by atoms with Crippen molar-refractivity contribution < 1.29 is 14.3 Å². The van der Waals surface area contributed by atoms with Crippen molar-refractivity contribution in [1.29, 1.82) is 0 Å². The molecule has 1 aliphatic rings. The van der Waals surface area contributed by atoms with Crippen LogP contribution in [0.15, 0.2) is 12.1 Å². The van der Waals surface area contributed by atoms with E-state index in [1.165, 1.54) is 0 Å². The van der Waals surface area contributed by atoms with Gasteiger partial charge in [-0.1, -0.05) is 13.3 Å². The molecule has 0 aromatic heterocycles. The summed E-state index contributed by atoms with van der Waals surface area (Å²) in [5.74, 6) is 1.12. The molecule has 19 heavy (non-hydrogen) atoms. The SMILES string of the molecule is CCCCC1Oc2c(cc(N)cc2OC)CNC1=O. The zero-order valence-corrected chi connectivity index (χ0v) is 11.4. The van der Waals surface area contributed by atoms with Crippen molar-refractivity contribution in [2.75, 3.05) is 12.8 Å². The fourth-order valence-electron chi connectivity index (χ4n) is 2.17. The molecular formula is C14H20N2O3. The molecule has 5 nitrogen and oxygen atoms in total. The summed E-state index contributed by atoms with van der Waals surface area (Å²) < 4.78 is 11.1. The number of carbonyl (C=O) groups excluding carboxylic acids is 1. The Labute approximate surface area is 113 Å². The molecule has 0 radical (unpaired) electrons. The molecular weight excluding hydrogens is 244 g/mol. The number of ether oxygens (including phenoxy) is 2. The molecule has 3 N–H and O–H groups in total. The molecule has 1 atom stereocenters. The first kappa shape index (κ1) is 13.5. The second-order valence-electron chi connectivity index (χ2n) is 4.68. The maximum Gasteiger partial charge on any atom is 0.261 e. The molecule has 1 amide bonds. The molecule has 2 rings (SSSR count). The van der Waals surface area contributed by atoms with Crippen LogP contribution in [0.2, 0.25) is 0 Å². The first-order valence-electron chi connectivity index (χ1n) is 6.56. The van der Waals surface area contributed by atoms with Gasteiger partial charge in [-0.15, -0.1) is 0 Å². The molecule has 1 unspecified atom stereocenters. The zero-order valence-electron chi connectivity index (χ0n) is 11.4. The van der Waals surface area contributed by atoms with Gasteiger partial charge in [-0.2, -0.15) is 0 Å². The molecule has 0 fully saturated rings. The molecule has 1 heterocycles. The summed E-state index contributed by atoms with van der Waals surface area (Å²) in [5, 5.41) is 2.86. The van der Waals surface area contributed by atoms with Crippen LogP contribution in [-0.2, 0) is 11.3 Å². The Morgan fingerprint density at radius 1 is 1.53 bits per heavy atom. The Balaban J connectivity index is 2.31. The van der Waals surface area contributed by atoms with Crippen LogP contribution in [0.1, 0.15) is 31.7 Å². The third-order valence-corrected chi connectivity index (χ3v) is 3.20. The van der Waals surface area contributed by atoms with E-state index in [-0.39, 0.29) is 5.91 Å². The molecule has 104 valence electrons. The Morgan fingerprint density at radius 3 is 3.00 bits per heavy atom. The summed E-state index contributed by atoms with van der Waals surface area (Å²) in [6, 6.07) is 3.52. The van der Waals surface area contributed by atoms with Crippen molar-refractivity contribution in [2.45, 2.75) is 38.8 Å². The van der Waals surface area contributed by atoms with Crippen molar-refractivity contribution in [3.63, 3.8) is 0 Å². The lowest BCUT2D eigenvalue weighted by Crippen LogP contribution is -2.35. The molecule has 1 aromatic rings. The number of unbranched alkanes of at least 4 members (excludes halogenated alkanes) is 1. The number of nitrogen functional groups attached to an aromatic ring is 1. The average molecular weight is 264 g/mol. The predicted octanol–water partition coefficient (Wildman–Crippen LogP) is 1.84. The lowest BCUT2D eigenvalue weighted by molar-refractivity contribution is -0.127. The summed E-state index contributed by atoms with van der Waals surface area (Å²) in [7, 11) is 1.57. The Kier molecular flexibility index (Phi) is 4.14. The van der Waals surface area contributed by atoms with E-state index in [0.29, 0.717) is 30.2 Å². The molecule has 0 spiro atoms. The number of fused-ring (bicyclic) bond motifs is 1. The Morgan fingerprint density at radius 2 is 2.32 bits per heavy atom. The van der Waals surface area contributed by atoms with E-state index >= 15 is 0 Å². The van der Waals surface area contributed by atoms with Gasteiger partial charge in [0, 0.05) is 23.9 Å². The van der Waals surface area contributed by atoms with Gasteiger partial charge in [-0.05, 0) is 18.9 Å². The summed E-state index contributed by atoms with van der Waals surface area (Å²) in [6.07, 6.45) is 2.22. The second-order valence-corrected chi connectivity index (χ2v) is 4.68. The van der Waals surface area contributed by atoms with Crippen LogP contribution >= 0.6 is 0 Å². The number of carbonyl (C=O) groups is 1. The van der Waals surface area contributed by atoms with E-state index in [9.17, 15) is 4.79 Å². The van der Waals surface area contributed by atoms with Gasteiger partial charge >= 0.3 is 0 Å². The van der Waals surface area contributed by atoms with Crippen LogP contribution in [-0.4, -0.2) is 19.1 Å². The molecule has 5 heteroatoms. The highest BCUT2D eigenvalue weighted by molar-refractivity contribution is 5.82. The monoisotopic (exact) mass is 264 g/mol. The number of hydrogen-bond donors (Lipinski definition) is 2. The van der Waals surface area contributed by atoms with Gasteiger partial charge in [0.15, 0.2) is 17.6 Å². The highest BCUT2D eigenvalue weighted by Gasteiger charge is 2.27. The maximum atomic E-state index is 12.0. The van der Waals surface area contributed by atoms with Crippen molar-refractivity contribution in [3.05, 3.63) is 17.7 Å². The maximum absolute atomic E-state index is 12.0. The lowest BCUT2D eigenvalue weighted by atomic mass is 10.1. The van der Waals surface area contributed by atoms with Gasteiger partial charge in [0.1, 0.15) is 0 Å². The van der Waals surface area contributed by atoms with Gasteiger partial charge in [0.05, 0.1) is 7.11 Å². The fourth-order valence-corrected chi connectivity index (χ4v) is 2.17. The number of benzene rings is 1. The number of nitrogens with two attached hydrogens (primary N) is 1. The summed E-state index contributed by atoms with van der Waals surface area (Å²) in [5.41, 5.74) is 7.26. The quantitative estimate of drug-likeness (QED) is 0.814. The van der Waals surface area contributed by atoms with Gasteiger partial charge in [0.25, 0.3) is 5.91 Å². The topological polar surface area (TPSA) is 73.6 Å². The smallest absolute Gasteiger partial charge is 0.261 e. The number of hydrogen-bond acceptors (Lipinski definition) is 4. The van der Waals surface area contributed by atoms with Gasteiger partial charge in [-0.25, -0.2) is 0 Å². The second kappa shape index (κ2) is 5.82. The standard InChI is InChI=1S/C14H20N2O3/c1-3-4-5-11-14(17)16-8-9-6-10(15)7-12(18-2)13(9)19-11/h6-7,11H,3-5,8,15H2,1-2H3,(H,16,17). The van der Waals surface area contributed by atoms with Crippen LogP contribution in [0.4, 0.5) is 5.69 Å². The van der Waals surface area contributed by atoms with Crippen LogP contribution in [0.5, 0.6) is 11.5 Å². The summed E-state index contributed by atoms with van der Waals surface area (Å²) in [4.78, 5) is 12.0. The molecule has 1 aromatic carbocycles. The average Bonchev–Trinajstić information content (AvgIpc) is 2.56. The van der Waals surface area contributed by atoms with Crippen LogP contribution in [0, 0.1) is 0 Å². The predicted molar refractivity (Wildman–Crippen MR) is 73.2 cm³/mol. The molecule has 0 saturated carbocycles. The van der Waals surface area contributed by atoms with Crippen LogP contribution in [0.3, 0.4) is 0 Å². The van der Waals surface area contributed by atoms with Crippen molar-refractivity contribution in [1.82, 2.24) is 5.32 Å². The fraction of sp³-hybridized carbons (Fsp3) is 0.500. The van der Waals surface area contributed by atoms with Gasteiger partial charge in [-0.3, -0.25) is 4.79 Å². The number of methoxy groups -OCH3 is 1. The van der Waals surface area contributed by atoms with E-state index in [1.54, 1.807) is 19.2 Å². The summed E-state index contributed by atoms with van der Waals surface area (Å²) in [6.45, 7) is 2.50. The van der Waals surface area contributed by atoms with Crippen molar-refractivity contribution in [3.8, 4) is 11.5 Å². The Bertz CT molecular complexity index is 474. The molecule has 1 aliphatic heterocycles. The summed E-state index contributed by atoms with van der Waals surface area (Å²) >= 11 is 0. The lowest BCUT2D eigenvalue weighted by Gasteiger charge is -2.17. The Hall–Kier alpha value is -1.91. The van der Waals surface area contributed by atoms with E-state index < -0.39 is 6.10 Å². The minimum Gasteiger partial charge on any atom is -0.493 e. The minimum absolute atomic E-state index is 0.0784. The third kappa shape index (κ3) is 2.92.